The largest absolute Gasteiger partial charge is 0.394 e. The van der Waals surface area contributed by atoms with Gasteiger partial charge >= 0.3 is 11.8 Å². The number of hydrogen-bond donors (Lipinski definition) is 4. The molecule has 0 aliphatic rings. The molecule has 0 fully saturated rings. The normalized spacial score (nSPS) is 11.1. The monoisotopic (exact) mass is 359 g/mol. The van der Waals surface area contributed by atoms with Gasteiger partial charge in [0.2, 0.25) is 10.0 Å². The van der Waals surface area contributed by atoms with Crippen LogP contribution >= 0.6 is 0 Å². The highest BCUT2D eigenvalue weighted by molar-refractivity contribution is 7.89. The Kier molecular flexibility index (Phi) is 8.33. The Hall–Kier alpha value is -2.01. The van der Waals surface area contributed by atoms with Gasteiger partial charge in [0.1, 0.15) is 0 Å². The average molecular weight is 359 g/mol. The van der Waals surface area contributed by atoms with Crippen molar-refractivity contribution in [1.29, 1.82) is 0 Å². The lowest BCUT2D eigenvalue weighted by atomic mass is 10.1. The number of nitrogens with two attached hydrogens (primary N) is 1. The minimum absolute atomic E-state index is 0.0121. The average Bonchev–Trinajstić information content (AvgIpc) is 2.54. The summed E-state index contributed by atoms with van der Waals surface area (Å²) in [5.74, 6) is -1.54. The van der Waals surface area contributed by atoms with Crippen LogP contribution in [-0.4, -0.2) is 58.2 Å². The molecular weight excluding hydrogens is 338 g/mol. The first-order valence-electron chi connectivity index (χ1n) is 7.21. The molecule has 0 atom stereocenters. The fourth-order valence-electron chi connectivity index (χ4n) is 1.73. The van der Waals surface area contributed by atoms with Crippen molar-refractivity contribution < 1.29 is 27.9 Å². The molecule has 9 nitrogen and oxygen atoms in total. The quantitative estimate of drug-likeness (QED) is 0.299. The fraction of sp³-hybridized carbons (Fsp3) is 0.429. The standard InChI is InChI=1S/C14H21N3O6S/c15-24(21,22)12-3-1-11(2-4-12)5-6-16-13(19)14(20)17-7-9-23-10-8-18/h1-4,18H,5-10H2,(H,16,19)(H,17,20)(H2,15,21,22). The van der Waals surface area contributed by atoms with Crippen molar-refractivity contribution >= 4 is 21.8 Å². The highest BCUT2D eigenvalue weighted by atomic mass is 32.2. The molecule has 10 heteroatoms. The van der Waals surface area contributed by atoms with Crippen LogP contribution in [0.1, 0.15) is 5.56 Å². The SMILES string of the molecule is NS(=O)(=O)c1ccc(CCNC(=O)C(=O)NCCOCCO)cc1. The maximum atomic E-state index is 11.5. The number of primary sulfonamides is 1. The minimum Gasteiger partial charge on any atom is -0.394 e. The zero-order valence-electron chi connectivity index (χ0n) is 13.0. The highest BCUT2D eigenvalue weighted by Crippen LogP contribution is 2.08. The molecule has 0 radical (unpaired) electrons. The van der Waals surface area contributed by atoms with Crippen molar-refractivity contribution in [1.82, 2.24) is 10.6 Å². The van der Waals surface area contributed by atoms with Crippen LogP contribution in [0, 0.1) is 0 Å². The predicted molar refractivity (Wildman–Crippen MR) is 85.4 cm³/mol. The Balaban J connectivity index is 2.28. The van der Waals surface area contributed by atoms with Gasteiger partial charge in [-0.3, -0.25) is 9.59 Å². The predicted octanol–water partition coefficient (Wildman–Crippen LogP) is -1.88. The zero-order chi connectivity index (χ0) is 18.0. The van der Waals surface area contributed by atoms with Crippen LogP contribution in [0.3, 0.4) is 0 Å². The molecule has 1 aromatic carbocycles. The summed E-state index contributed by atoms with van der Waals surface area (Å²) in [6, 6.07) is 5.94. The maximum absolute atomic E-state index is 11.5. The van der Waals surface area contributed by atoms with Gasteiger partial charge < -0.3 is 20.5 Å². The lowest BCUT2D eigenvalue weighted by Gasteiger charge is -2.07. The van der Waals surface area contributed by atoms with E-state index in [1.54, 1.807) is 12.1 Å². The molecule has 0 aliphatic heterocycles. The van der Waals surface area contributed by atoms with Gasteiger partial charge in [-0.1, -0.05) is 12.1 Å². The number of amides is 2. The lowest BCUT2D eigenvalue weighted by molar-refractivity contribution is -0.139. The molecule has 1 rings (SSSR count). The summed E-state index contributed by atoms with van der Waals surface area (Å²) in [4.78, 5) is 23.0. The molecule has 5 N–H and O–H groups in total. The van der Waals surface area contributed by atoms with E-state index < -0.39 is 21.8 Å². The molecule has 0 aromatic heterocycles. The number of benzene rings is 1. The summed E-state index contributed by atoms with van der Waals surface area (Å²) in [7, 11) is -3.73. The molecule has 24 heavy (non-hydrogen) atoms. The van der Waals surface area contributed by atoms with Gasteiger partial charge in [-0.15, -0.1) is 0 Å². The van der Waals surface area contributed by atoms with Crippen LogP contribution in [0.25, 0.3) is 0 Å². The van der Waals surface area contributed by atoms with Crippen LogP contribution in [0.15, 0.2) is 29.2 Å². The Morgan fingerprint density at radius 3 is 2.17 bits per heavy atom. The minimum atomic E-state index is -3.73. The van der Waals surface area contributed by atoms with Gasteiger partial charge in [0.25, 0.3) is 0 Å². The second kappa shape index (κ2) is 9.98. The summed E-state index contributed by atoms with van der Waals surface area (Å²) in [6.45, 7) is 0.665. The number of nitrogens with one attached hydrogen (secondary N) is 2. The Bertz CT molecular complexity index is 645. The number of ether oxygens (including phenoxy) is 1. The highest BCUT2D eigenvalue weighted by Gasteiger charge is 2.12. The number of rotatable bonds is 9. The van der Waals surface area contributed by atoms with E-state index in [1.807, 2.05) is 0 Å². The van der Waals surface area contributed by atoms with Gasteiger partial charge in [0.05, 0.1) is 24.7 Å². The smallest absolute Gasteiger partial charge is 0.309 e. The molecule has 1 aromatic rings. The van der Waals surface area contributed by atoms with Gasteiger partial charge in [-0.25, -0.2) is 13.6 Å². The topological polar surface area (TPSA) is 148 Å². The van der Waals surface area contributed by atoms with Crippen LogP contribution in [0.4, 0.5) is 0 Å². The van der Waals surface area contributed by atoms with Crippen LogP contribution < -0.4 is 15.8 Å². The summed E-state index contributed by atoms with van der Waals surface area (Å²) < 4.78 is 27.2. The van der Waals surface area contributed by atoms with E-state index >= 15 is 0 Å². The molecule has 0 heterocycles. The van der Waals surface area contributed by atoms with Crippen molar-refractivity contribution in [2.75, 3.05) is 32.9 Å². The van der Waals surface area contributed by atoms with Crippen LogP contribution in [0.2, 0.25) is 0 Å². The Morgan fingerprint density at radius 2 is 1.62 bits per heavy atom. The number of carbonyl (C=O) groups excluding carboxylic acids is 2. The Morgan fingerprint density at radius 1 is 1.04 bits per heavy atom. The summed E-state index contributed by atoms with van der Waals surface area (Å²) in [5, 5.41) is 18.3. The van der Waals surface area contributed by atoms with E-state index in [2.05, 4.69) is 10.6 Å². The molecule has 0 bridgehead atoms. The van der Waals surface area contributed by atoms with Crippen molar-refractivity contribution in [3.8, 4) is 0 Å². The van der Waals surface area contributed by atoms with Crippen molar-refractivity contribution in [3.63, 3.8) is 0 Å². The lowest BCUT2D eigenvalue weighted by Crippen LogP contribution is -2.41. The Labute approximate surface area is 140 Å². The van der Waals surface area contributed by atoms with Gasteiger partial charge in [-0.05, 0) is 24.1 Å². The van der Waals surface area contributed by atoms with Crippen molar-refractivity contribution in [3.05, 3.63) is 29.8 Å². The summed E-state index contributed by atoms with van der Waals surface area (Å²) >= 11 is 0. The molecule has 0 saturated heterocycles. The number of hydrogen-bond acceptors (Lipinski definition) is 6. The molecule has 0 spiro atoms. The third-order valence-corrected chi connectivity index (χ3v) is 3.85. The molecule has 0 aliphatic carbocycles. The molecular formula is C14H21N3O6S. The zero-order valence-corrected chi connectivity index (χ0v) is 13.8. The van der Waals surface area contributed by atoms with Crippen LogP contribution in [0.5, 0.6) is 0 Å². The van der Waals surface area contributed by atoms with Crippen LogP contribution in [-0.2, 0) is 30.8 Å². The third-order valence-electron chi connectivity index (χ3n) is 2.92. The number of aliphatic hydroxyl groups excluding tert-OH is 1. The van der Waals surface area contributed by atoms with E-state index in [0.29, 0.717) is 6.42 Å². The molecule has 134 valence electrons. The third kappa shape index (κ3) is 7.51. The number of carbonyl (C=O) groups is 2. The first kappa shape index (κ1) is 20.0. The van der Waals surface area contributed by atoms with E-state index in [4.69, 9.17) is 15.0 Å². The summed E-state index contributed by atoms with van der Waals surface area (Å²) in [6.07, 6.45) is 0.434. The van der Waals surface area contributed by atoms with E-state index in [9.17, 15) is 18.0 Å². The van der Waals surface area contributed by atoms with E-state index in [1.165, 1.54) is 12.1 Å². The van der Waals surface area contributed by atoms with Crippen molar-refractivity contribution in [2.45, 2.75) is 11.3 Å². The second-order valence-corrected chi connectivity index (χ2v) is 6.35. The van der Waals surface area contributed by atoms with E-state index in [-0.39, 0.29) is 37.8 Å². The fourth-order valence-corrected chi connectivity index (χ4v) is 2.25. The molecule has 0 unspecified atom stereocenters. The van der Waals surface area contributed by atoms with E-state index in [0.717, 1.165) is 5.56 Å². The van der Waals surface area contributed by atoms with Gasteiger partial charge in [-0.2, -0.15) is 0 Å². The van der Waals surface area contributed by atoms with Crippen molar-refractivity contribution in [2.24, 2.45) is 5.14 Å². The second-order valence-electron chi connectivity index (χ2n) is 4.79. The summed E-state index contributed by atoms with van der Waals surface area (Å²) in [5.41, 5.74) is 0.792. The molecule has 0 saturated carbocycles. The maximum Gasteiger partial charge on any atom is 0.309 e. The van der Waals surface area contributed by atoms with Gasteiger partial charge in [0.15, 0.2) is 0 Å². The first-order valence-corrected chi connectivity index (χ1v) is 8.75. The first-order chi connectivity index (χ1) is 11.3. The molecule has 2 amide bonds. The van der Waals surface area contributed by atoms with Gasteiger partial charge in [0, 0.05) is 13.1 Å². The number of sulfonamides is 1. The number of aliphatic hydroxyl groups is 1.